The summed E-state index contributed by atoms with van der Waals surface area (Å²) in [6, 6.07) is 0. The molecule has 0 aliphatic carbocycles. The van der Waals surface area contributed by atoms with Crippen molar-refractivity contribution in [3.05, 3.63) is 146 Å². The van der Waals surface area contributed by atoms with Crippen LogP contribution in [0.5, 0.6) is 0 Å². The van der Waals surface area contributed by atoms with Crippen molar-refractivity contribution in [2.24, 2.45) is 0 Å². The first-order chi connectivity index (χ1) is 41.0. The van der Waals surface area contributed by atoms with Crippen LogP contribution in [0.15, 0.2) is 146 Å². The SMILES string of the molecule is CC/C=C\C/C=C\C/C=C\C/C=C\C/C=C\C/C=C\C/C=C\CCCC(=O)OC(COC(=O)CCCC/C=C\C/C=C\C/C=C\C/C=C\CC)COC(=O)CCCCCCCCCCCCCCCCC/C=C\CCCCCCCCCC. The monoisotopic (exact) mass is 1150 g/mol. The van der Waals surface area contributed by atoms with Crippen molar-refractivity contribution in [3.8, 4) is 0 Å². The molecule has 6 nitrogen and oxygen atoms in total. The second-order valence-corrected chi connectivity index (χ2v) is 22.3. The van der Waals surface area contributed by atoms with Crippen molar-refractivity contribution in [1.29, 1.82) is 0 Å². The summed E-state index contributed by atoms with van der Waals surface area (Å²) < 4.78 is 16.9. The number of rotatable bonds is 61. The van der Waals surface area contributed by atoms with Crippen LogP contribution >= 0.6 is 0 Å². The van der Waals surface area contributed by atoms with E-state index in [2.05, 4.69) is 167 Å². The van der Waals surface area contributed by atoms with Crippen LogP contribution in [0.3, 0.4) is 0 Å². The molecule has 0 heterocycles. The van der Waals surface area contributed by atoms with Crippen LogP contribution in [0, 0.1) is 0 Å². The Balaban J connectivity index is 4.44. The van der Waals surface area contributed by atoms with Gasteiger partial charge in [-0.05, 0) is 135 Å². The van der Waals surface area contributed by atoms with Gasteiger partial charge in [-0.15, -0.1) is 0 Å². The average Bonchev–Trinajstić information content (AvgIpc) is 3.49. The van der Waals surface area contributed by atoms with Crippen molar-refractivity contribution in [1.82, 2.24) is 0 Å². The van der Waals surface area contributed by atoms with E-state index in [1.165, 1.54) is 141 Å². The Morgan fingerprint density at radius 1 is 0.253 bits per heavy atom. The molecule has 0 radical (unpaired) electrons. The number of allylic oxidation sites excluding steroid dienone is 24. The molecule has 0 spiro atoms. The van der Waals surface area contributed by atoms with Crippen molar-refractivity contribution in [3.63, 3.8) is 0 Å². The maximum absolute atomic E-state index is 12.9. The molecule has 0 saturated heterocycles. The van der Waals surface area contributed by atoms with Crippen LogP contribution in [0.25, 0.3) is 0 Å². The quantitative estimate of drug-likeness (QED) is 0.0261. The van der Waals surface area contributed by atoms with Crippen LogP contribution in [0.4, 0.5) is 0 Å². The Morgan fingerprint density at radius 2 is 0.482 bits per heavy atom. The molecule has 470 valence electrons. The largest absolute Gasteiger partial charge is 0.462 e. The van der Waals surface area contributed by atoms with Crippen LogP contribution in [0.2, 0.25) is 0 Å². The summed E-state index contributed by atoms with van der Waals surface area (Å²) in [4.78, 5) is 38.4. The third-order valence-electron chi connectivity index (χ3n) is 14.3. The standard InChI is InChI=1S/C77H126O6/c1-4-7-10-13-16-19-22-25-28-30-32-34-36-37-38-39-41-42-44-46-49-52-55-58-61-64-67-70-76(79)82-73-74(72-81-75(78)69-66-63-60-57-54-51-48-27-24-21-18-15-12-9-6-3)83-77(80)71-68-65-62-59-56-53-50-47-45-43-40-35-33-31-29-26-23-20-17-14-11-8-5-2/h8-9,11-12,17-18,20-21,26-27,29-30,32-33,35,43,45,48,50,53-54,57,59,62,74H,4-7,10,13-16,19,22-25,28,31,34,36-42,44,46-47,49,51-52,55-56,58,60-61,63-73H2,1-3H3/b11-8-,12-9-,20-17-,21-18-,29-26-,32-30-,35-33-,45-43-,48-27-,53-50-,57-54-,62-59-. The van der Waals surface area contributed by atoms with Gasteiger partial charge < -0.3 is 14.2 Å². The first kappa shape index (κ1) is 78.3. The Bertz CT molecular complexity index is 1800. The molecule has 6 heteroatoms. The number of unbranched alkanes of at least 4 members (excludes halogenated alkanes) is 26. The van der Waals surface area contributed by atoms with Crippen molar-refractivity contribution < 1.29 is 28.6 Å². The van der Waals surface area contributed by atoms with E-state index in [4.69, 9.17) is 14.2 Å². The predicted octanol–water partition coefficient (Wildman–Crippen LogP) is 23.9. The summed E-state index contributed by atoms with van der Waals surface area (Å²) in [6.45, 7) is 6.35. The number of carbonyl (C=O) groups excluding carboxylic acids is 3. The third kappa shape index (κ3) is 68.0. The van der Waals surface area contributed by atoms with Gasteiger partial charge in [0.25, 0.3) is 0 Å². The Kier molecular flexibility index (Phi) is 65.8. The fourth-order valence-corrected chi connectivity index (χ4v) is 9.24. The highest BCUT2D eigenvalue weighted by Crippen LogP contribution is 2.16. The minimum absolute atomic E-state index is 0.118. The fourth-order valence-electron chi connectivity index (χ4n) is 9.24. The van der Waals surface area contributed by atoms with Gasteiger partial charge in [-0.3, -0.25) is 14.4 Å². The minimum atomic E-state index is -0.833. The van der Waals surface area contributed by atoms with E-state index in [-0.39, 0.29) is 44.0 Å². The first-order valence-corrected chi connectivity index (χ1v) is 34.3. The highest BCUT2D eigenvalue weighted by atomic mass is 16.6. The lowest BCUT2D eigenvalue weighted by molar-refractivity contribution is -0.167. The summed E-state index contributed by atoms with van der Waals surface area (Å²) in [5, 5.41) is 0. The summed E-state index contributed by atoms with van der Waals surface area (Å²) in [6.07, 6.45) is 100. The highest BCUT2D eigenvalue weighted by molar-refractivity contribution is 5.71. The zero-order chi connectivity index (χ0) is 59.9. The lowest BCUT2D eigenvalue weighted by atomic mass is 10.0. The summed E-state index contributed by atoms with van der Waals surface area (Å²) in [5.74, 6) is -1.02. The summed E-state index contributed by atoms with van der Waals surface area (Å²) in [5.41, 5.74) is 0. The Hall–Kier alpha value is -4.71. The molecule has 83 heavy (non-hydrogen) atoms. The van der Waals surface area contributed by atoms with Crippen LogP contribution in [-0.4, -0.2) is 37.2 Å². The van der Waals surface area contributed by atoms with Gasteiger partial charge in [-0.1, -0.05) is 295 Å². The molecule has 0 aromatic heterocycles. The van der Waals surface area contributed by atoms with Crippen molar-refractivity contribution >= 4 is 17.9 Å². The van der Waals surface area contributed by atoms with Crippen molar-refractivity contribution in [2.75, 3.05) is 13.2 Å². The molecule has 1 atom stereocenters. The van der Waals surface area contributed by atoms with Gasteiger partial charge in [-0.25, -0.2) is 0 Å². The van der Waals surface area contributed by atoms with E-state index >= 15 is 0 Å². The molecule has 0 amide bonds. The second-order valence-electron chi connectivity index (χ2n) is 22.3. The van der Waals surface area contributed by atoms with E-state index < -0.39 is 6.10 Å². The molecular weight excluding hydrogens is 1020 g/mol. The molecule has 0 aromatic carbocycles. The number of esters is 3. The minimum Gasteiger partial charge on any atom is -0.462 e. The number of ether oxygens (including phenoxy) is 3. The van der Waals surface area contributed by atoms with E-state index in [9.17, 15) is 14.4 Å². The van der Waals surface area contributed by atoms with E-state index in [0.29, 0.717) is 19.3 Å². The summed E-state index contributed by atoms with van der Waals surface area (Å²) >= 11 is 0. The predicted molar refractivity (Wildman–Crippen MR) is 362 cm³/mol. The smallest absolute Gasteiger partial charge is 0.306 e. The zero-order valence-electron chi connectivity index (χ0n) is 53.9. The van der Waals surface area contributed by atoms with E-state index in [1.54, 1.807) is 0 Å². The van der Waals surface area contributed by atoms with E-state index in [1.807, 2.05) is 0 Å². The van der Waals surface area contributed by atoms with Crippen LogP contribution in [0.1, 0.15) is 303 Å². The molecule has 0 fully saturated rings. The first-order valence-electron chi connectivity index (χ1n) is 34.3. The third-order valence-corrected chi connectivity index (χ3v) is 14.3. The molecule has 1 unspecified atom stereocenters. The van der Waals surface area contributed by atoms with Gasteiger partial charge in [0.1, 0.15) is 13.2 Å². The lowest BCUT2D eigenvalue weighted by Gasteiger charge is -2.18. The Morgan fingerprint density at radius 3 is 0.807 bits per heavy atom. The normalized spacial score (nSPS) is 13.0. The molecule has 0 bridgehead atoms. The summed E-state index contributed by atoms with van der Waals surface area (Å²) in [7, 11) is 0. The van der Waals surface area contributed by atoms with Gasteiger partial charge in [-0.2, -0.15) is 0 Å². The van der Waals surface area contributed by atoms with Crippen LogP contribution < -0.4 is 0 Å². The van der Waals surface area contributed by atoms with Gasteiger partial charge in [0.15, 0.2) is 6.10 Å². The van der Waals surface area contributed by atoms with Gasteiger partial charge in [0, 0.05) is 19.3 Å². The second kappa shape index (κ2) is 69.8. The fraction of sp³-hybridized carbons (Fsp3) is 0.649. The number of hydrogen-bond acceptors (Lipinski definition) is 6. The topological polar surface area (TPSA) is 78.9 Å². The average molecular weight is 1150 g/mol. The maximum Gasteiger partial charge on any atom is 0.306 e. The molecule has 0 aliphatic rings. The van der Waals surface area contributed by atoms with Gasteiger partial charge in [0.2, 0.25) is 0 Å². The molecule has 0 rings (SSSR count). The van der Waals surface area contributed by atoms with Crippen LogP contribution in [-0.2, 0) is 28.6 Å². The zero-order valence-corrected chi connectivity index (χ0v) is 53.9. The van der Waals surface area contributed by atoms with E-state index in [0.717, 1.165) is 109 Å². The number of hydrogen-bond donors (Lipinski definition) is 0. The maximum atomic E-state index is 12.9. The molecule has 0 saturated carbocycles. The molecule has 0 aromatic rings. The van der Waals surface area contributed by atoms with Crippen molar-refractivity contribution in [2.45, 2.75) is 309 Å². The Labute approximate surface area is 512 Å². The number of carbonyl (C=O) groups is 3. The molecule has 0 aliphatic heterocycles. The molecular formula is C77H126O6. The lowest BCUT2D eigenvalue weighted by Crippen LogP contribution is -2.30. The molecule has 0 N–H and O–H groups in total. The highest BCUT2D eigenvalue weighted by Gasteiger charge is 2.19. The van der Waals surface area contributed by atoms with Gasteiger partial charge in [0.05, 0.1) is 0 Å². The van der Waals surface area contributed by atoms with Gasteiger partial charge >= 0.3 is 17.9 Å².